The lowest BCUT2D eigenvalue weighted by molar-refractivity contribution is 0.0989. The molecule has 0 fully saturated rings. The molecule has 0 aliphatic carbocycles. The van der Waals surface area contributed by atoms with E-state index >= 15 is 0 Å². The molecule has 0 spiro atoms. The van der Waals surface area contributed by atoms with Crippen molar-refractivity contribution in [1.82, 2.24) is 4.72 Å². The fourth-order valence-electron chi connectivity index (χ4n) is 2.69. The predicted molar refractivity (Wildman–Crippen MR) is 91.4 cm³/mol. The first kappa shape index (κ1) is 16.0. The molecule has 1 aromatic carbocycles. The van der Waals surface area contributed by atoms with E-state index < -0.39 is 10.0 Å². The molecule has 6 nitrogen and oxygen atoms in total. The third-order valence-corrected chi connectivity index (χ3v) is 6.36. The molecule has 1 amide bonds. The van der Waals surface area contributed by atoms with Crippen molar-refractivity contribution in [2.75, 3.05) is 24.2 Å². The standard InChI is InChI=1S/C15H17N3O3S2/c1-17-23(20,21)10-8-14(22-9-10)15(19)18-7-3-4-11-12(16)5-2-6-13(11)18/h2,5-6,8-9,17H,3-4,7,16H2,1H3. The Morgan fingerprint density at radius 1 is 1.39 bits per heavy atom. The quantitative estimate of drug-likeness (QED) is 0.825. The first-order valence-electron chi connectivity index (χ1n) is 7.15. The van der Waals surface area contributed by atoms with Gasteiger partial charge in [-0.1, -0.05) is 6.07 Å². The number of carbonyl (C=O) groups is 1. The number of amides is 1. The summed E-state index contributed by atoms with van der Waals surface area (Å²) in [4.78, 5) is 15.0. The van der Waals surface area contributed by atoms with Gasteiger partial charge in [0.15, 0.2) is 0 Å². The van der Waals surface area contributed by atoms with Crippen LogP contribution >= 0.6 is 11.3 Å². The molecule has 2 heterocycles. The number of hydrogen-bond acceptors (Lipinski definition) is 5. The van der Waals surface area contributed by atoms with Crippen molar-refractivity contribution in [3.05, 3.63) is 40.1 Å². The molecule has 23 heavy (non-hydrogen) atoms. The van der Waals surface area contributed by atoms with Gasteiger partial charge in [0.2, 0.25) is 10.0 Å². The molecule has 2 aromatic rings. The highest BCUT2D eigenvalue weighted by Gasteiger charge is 2.26. The molecule has 122 valence electrons. The lowest BCUT2D eigenvalue weighted by Gasteiger charge is -2.29. The molecule has 0 bridgehead atoms. The van der Waals surface area contributed by atoms with Crippen LogP contribution in [-0.2, 0) is 16.4 Å². The van der Waals surface area contributed by atoms with Gasteiger partial charge in [0.05, 0.1) is 9.77 Å². The minimum absolute atomic E-state index is 0.109. The molecule has 8 heteroatoms. The number of nitrogens with zero attached hydrogens (tertiary/aromatic N) is 1. The van der Waals surface area contributed by atoms with Gasteiger partial charge in [0.25, 0.3) is 5.91 Å². The highest BCUT2D eigenvalue weighted by atomic mass is 32.2. The molecule has 0 radical (unpaired) electrons. The number of thiophene rings is 1. The number of nitrogens with one attached hydrogen (secondary N) is 1. The van der Waals surface area contributed by atoms with Crippen molar-refractivity contribution >= 4 is 38.6 Å². The van der Waals surface area contributed by atoms with Crippen LogP contribution in [0.4, 0.5) is 11.4 Å². The Balaban J connectivity index is 1.96. The van der Waals surface area contributed by atoms with Gasteiger partial charge in [-0.15, -0.1) is 11.3 Å². The first-order valence-corrected chi connectivity index (χ1v) is 9.51. The average Bonchev–Trinajstić information content (AvgIpc) is 3.05. The molecule has 0 saturated carbocycles. The largest absolute Gasteiger partial charge is 0.398 e. The molecule has 0 unspecified atom stereocenters. The fourth-order valence-corrected chi connectivity index (χ4v) is 4.64. The number of hydrogen-bond donors (Lipinski definition) is 2. The molecule has 1 aliphatic rings. The lowest BCUT2D eigenvalue weighted by atomic mass is 10.00. The van der Waals surface area contributed by atoms with Crippen LogP contribution in [0.1, 0.15) is 21.7 Å². The van der Waals surface area contributed by atoms with Gasteiger partial charge in [0, 0.05) is 23.3 Å². The zero-order chi connectivity index (χ0) is 16.6. The summed E-state index contributed by atoms with van der Waals surface area (Å²) in [5.41, 5.74) is 8.47. The highest BCUT2D eigenvalue weighted by Crippen LogP contribution is 2.33. The number of carbonyl (C=O) groups excluding carboxylic acids is 1. The maximum absolute atomic E-state index is 12.8. The smallest absolute Gasteiger partial charge is 0.268 e. The summed E-state index contributed by atoms with van der Waals surface area (Å²) in [7, 11) is -2.19. The van der Waals surface area contributed by atoms with E-state index in [0.717, 1.165) is 35.4 Å². The molecule has 0 atom stereocenters. The number of fused-ring (bicyclic) bond motifs is 1. The van der Waals surface area contributed by atoms with Gasteiger partial charge in [-0.05, 0) is 43.7 Å². The average molecular weight is 351 g/mol. The van der Waals surface area contributed by atoms with E-state index in [-0.39, 0.29) is 10.8 Å². The maximum Gasteiger partial charge on any atom is 0.268 e. The topological polar surface area (TPSA) is 92.5 Å². The van der Waals surface area contributed by atoms with Gasteiger partial charge in [-0.25, -0.2) is 13.1 Å². The van der Waals surface area contributed by atoms with E-state index in [1.807, 2.05) is 18.2 Å². The molecule has 3 rings (SSSR count). The van der Waals surface area contributed by atoms with Gasteiger partial charge >= 0.3 is 0 Å². The van der Waals surface area contributed by atoms with Crippen LogP contribution in [0.15, 0.2) is 34.5 Å². The third kappa shape index (κ3) is 2.85. The second-order valence-electron chi connectivity index (χ2n) is 5.26. The summed E-state index contributed by atoms with van der Waals surface area (Å²) in [5, 5.41) is 1.48. The maximum atomic E-state index is 12.8. The van der Waals surface area contributed by atoms with E-state index in [1.165, 1.54) is 18.5 Å². The fraction of sp³-hybridized carbons (Fsp3) is 0.267. The summed E-state index contributed by atoms with van der Waals surface area (Å²) in [6.45, 7) is 0.599. The lowest BCUT2D eigenvalue weighted by Crippen LogP contribution is -2.35. The Hall–Kier alpha value is -1.90. The number of nitrogen functional groups attached to an aromatic ring is 1. The Morgan fingerprint density at radius 2 is 2.17 bits per heavy atom. The number of nitrogens with two attached hydrogens (primary N) is 1. The van der Waals surface area contributed by atoms with Crippen molar-refractivity contribution in [2.45, 2.75) is 17.7 Å². The van der Waals surface area contributed by atoms with Crippen LogP contribution in [0.3, 0.4) is 0 Å². The number of sulfonamides is 1. The normalized spacial score (nSPS) is 14.6. The van der Waals surface area contributed by atoms with Gasteiger partial charge in [-0.2, -0.15) is 0 Å². The molecule has 1 aromatic heterocycles. The predicted octanol–water partition coefficient (Wildman–Crippen LogP) is 1.83. The monoisotopic (exact) mass is 351 g/mol. The van der Waals surface area contributed by atoms with Crippen LogP contribution in [0.25, 0.3) is 0 Å². The Bertz CT molecular complexity index is 859. The Morgan fingerprint density at radius 3 is 2.91 bits per heavy atom. The summed E-state index contributed by atoms with van der Waals surface area (Å²) in [5.74, 6) is -0.195. The minimum atomic E-state index is -3.54. The van der Waals surface area contributed by atoms with Crippen LogP contribution < -0.4 is 15.4 Å². The number of anilines is 2. The van der Waals surface area contributed by atoms with E-state index in [0.29, 0.717) is 17.1 Å². The van der Waals surface area contributed by atoms with E-state index in [4.69, 9.17) is 5.73 Å². The summed E-state index contributed by atoms with van der Waals surface area (Å²) >= 11 is 1.13. The van der Waals surface area contributed by atoms with Crippen molar-refractivity contribution in [3.8, 4) is 0 Å². The first-order chi connectivity index (χ1) is 10.9. The van der Waals surface area contributed by atoms with Crippen LogP contribution in [0.2, 0.25) is 0 Å². The van der Waals surface area contributed by atoms with E-state index in [1.54, 1.807) is 4.90 Å². The Labute approximate surface area is 139 Å². The van der Waals surface area contributed by atoms with Gasteiger partial charge in [0.1, 0.15) is 0 Å². The van der Waals surface area contributed by atoms with Crippen molar-refractivity contribution < 1.29 is 13.2 Å². The minimum Gasteiger partial charge on any atom is -0.398 e. The van der Waals surface area contributed by atoms with Gasteiger partial charge in [-0.3, -0.25) is 4.79 Å². The highest BCUT2D eigenvalue weighted by molar-refractivity contribution is 7.89. The number of benzene rings is 1. The zero-order valence-electron chi connectivity index (χ0n) is 12.6. The van der Waals surface area contributed by atoms with Crippen molar-refractivity contribution in [2.24, 2.45) is 0 Å². The summed E-state index contributed by atoms with van der Waals surface area (Å²) < 4.78 is 25.9. The SMILES string of the molecule is CNS(=O)(=O)c1csc(C(=O)N2CCCc3c(N)cccc32)c1. The van der Waals surface area contributed by atoms with Crippen molar-refractivity contribution in [3.63, 3.8) is 0 Å². The second kappa shape index (κ2) is 5.95. The number of rotatable bonds is 3. The Kier molecular flexibility index (Phi) is 4.13. The van der Waals surface area contributed by atoms with Crippen LogP contribution in [-0.4, -0.2) is 27.9 Å². The summed E-state index contributed by atoms with van der Waals surface area (Å²) in [6, 6.07) is 6.95. The van der Waals surface area contributed by atoms with E-state index in [9.17, 15) is 13.2 Å². The van der Waals surface area contributed by atoms with Crippen LogP contribution in [0.5, 0.6) is 0 Å². The third-order valence-electron chi connectivity index (χ3n) is 3.90. The molecule has 3 N–H and O–H groups in total. The molecule has 0 saturated heterocycles. The molecular formula is C15H17N3O3S2. The molecular weight excluding hydrogens is 334 g/mol. The van der Waals surface area contributed by atoms with E-state index in [2.05, 4.69) is 4.72 Å². The van der Waals surface area contributed by atoms with Crippen molar-refractivity contribution in [1.29, 1.82) is 0 Å². The zero-order valence-corrected chi connectivity index (χ0v) is 14.2. The van der Waals surface area contributed by atoms with Crippen LogP contribution in [0, 0.1) is 0 Å². The molecule has 1 aliphatic heterocycles. The second-order valence-corrected chi connectivity index (χ2v) is 8.06. The van der Waals surface area contributed by atoms with Gasteiger partial charge < -0.3 is 10.6 Å². The summed E-state index contributed by atoms with van der Waals surface area (Å²) in [6.07, 6.45) is 1.68.